The molecule has 0 unspecified atom stereocenters. The molecule has 1 aromatic heterocycles. The van der Waals surface area contributed by atoms with E-state index in [0.29, 0.717) is 24.3 Å². The lowest BCUT2D eigenvalue weighted by molar-refractivity contribution is -0.136. The summed E-state index contributed by atoms with van der Waals surface area (Å²) in [5.74, 6) is 0.0921. The van der Waals surface area contributed by atoms with Crippen molar-refractivity contribution >= 4 is 23.3 Å². The van der Waals surface area contributed by atoms with Crippen LogP contribution in [0.1, 0.15) is 72.9 Å². The van der Waals surface area contributed by atoms with Crippen LogP contribution in [0.15, 0.2) is 53.7 Å². The van der Waals surface area contributed by atoms with Crippen LogP contribution in [0, 0.1) is 0 Å². The van der Waals surface area contributed by atoms with Gasteiger partial charge in [-0.15, -0.1) is 0 Å². The first-order valence-corrected chi connectivity index (χ1v) is 13.1. The zero-order valence-corrected chi connectivity index (χ0v) is 22.9. The number of carbonyl (C=O) groups excluding carboxylic acids is 1. The van der Waals surface area contributed by atoms with Gasteiger partial charge < -0.3 is 19.9 Å². The Hall–Kier alpha value is -4.20. The highest BCUT2D eigenvalue weighted by Gasteiger charge is 2.40. The molecule has 2 aromatic carbocycles. The minimum absolute atomic E-state index is 0.234. The maximum atomic E-state index is 13.0. The minimum Gasteiger partial charge on any atom is -0.490 e. The first-order chi connectivity index (χ1) is 18.5. The van der Waals surface area contributed by atoms with E-state index in [9.17, 15) is 14.7 Å². The first kappa shape index (κ1) is 26.4. The van der Waals surface area contributed by atoms with Crippen molar-refractivity contribution in [1.29, 1.82) is 0 Å². The van der Waals surface area contributed by atoms with Gasteiger partial charge in [0.2, 0.25) is 0 Å². The topological polar surface area (TPSA) is 110 Å². The molecule has 3 aromatic rings. The molecule has 2 aliphatic rings. The average molecular weight is 528 g/mol. The van der Waals surface area contributed by atoms with Crippen molar-refractivity contribution in [2.24, 2.45) is 4.99 Å². The predicted molar refractivity (Wildman–Crippen MR) is 149 cm³/mol. The number of hydrogen-bond donors (Lipinski definition) is 2. The quantitative estimate of drug-likeness (QED) is 0.435. The molecule has 0 fully saturated rings. The largest absolute Gasteiger partial charge is 0.490 e. The summed E-state index contributed by atoms with van der Waals surface area (Å²) in [7, 11) is 0. The maximum Gasteiger partial charge on any atom is 0.307 e. The van der Waals surface area contributed by atoms with E-state index in [0.717, 1.165) is 45.9 Å². The molecule has 0 aliphatic carbocycles. The van der Waals surface area contributed by atoms with Crippen molar-refractivity contribution in [3.05, 3.63) is 82.2 Å². The van der Waals surface area contributed by atoms with Crippen LogP contribution in [-0.2, 0) is 24.1 Å². The number of amides is 1. The van der Waals surface area contributed by atoms with Gasteiger partial charge in [-0.25, -0.2) is 0 Å². The van der Waals surface area contributed by atoms with E-state index >= 15 is 0 Å². The zero-order chi connectivity index (χ0) is 27.9. The molecule has 2 aliphatic heterocycles. The fourth-order valence-electron chi connectivity index (χ4n) is 5.38. The second kappa shape index (κ2) is 9.84. The second-order valence-corrected chi connectivity index (χ2v) is 11.2. The number of ether oxygens (including phenoxy) is 2. The summed E-state index contributed by atoms with van der Waals surface area (Å²) in [5, 5.41) is 12.4. The normalized spacial score (nSPS) is 16.4. The number of nitrogens with zero attached hydrogens (tertiary/aromatic N) is 2. The lowest BCUT2D eigenvalue weighted by Gasteiger charge is -2.31. The number of nitrogens with one attached hydrogen (secondary N) is 1. The van der Waals surface area contributed by atoms with Crippen LogP contribution in [0.5, 0.6) is 11.5 Å². The maximum absolute atomic E-state index is 13.0. The molecular formula is C31H33N3O5. The molecule has 8 heteroatoms. The van der Waals surface area contributed by atoms with Gasteiger partial charge in [0.15, 0.2) is 11.5 Å². The van der Waals surface area contributed by atoms with Gasteiger partial charge in [-0.05, 0) is 76.4 Å². The van der Waals surface area contributed by atoms with E-state index in [1.807, 2.05) is 19.1 Å². The van der Waals surface area contributed by atoms with Crippen LogP contribution in [0.25, 0.3) is 0 Å². The standard InChI is InChI=1S/C31H33N3O5/c1-6-38-24-14-20-16-30(2,3)34-27(26(20)21-17-31(4,5)39-28(21)24)19-11-10-18(15-25(35)36)23(13-19)33-29(37)22-9-7-8-12-32-22/h7-14H,6,15-17H2,1-5H3,(H,33,37)(H,35,36). The Morgan fingerprint density at radius 3 is 2.59 bits per heavy atom. The number of aromatic nitrogens is 1. The van der Waals surface area contributed by atoms with Crippen LogP contribution in [0.3, 0.4) is 0 Å². The van der Waals surface area contributed by atoms with Gasteiger partial charge in [-0.3, -0.25) is 19.6 Å². The number of anilines is 1. The summed E-state index contributed by atoms with van der Waals surface area (Å²) in [4.78, 5) is 33.9. The third-order valence-electron chi connectivity index (χ3n) is 6.85. The lowest BCUT2D eigenvalue weighted by Crippen LogP contribution is -2.31. The number of benzene rings is 2. The van der Waals surface area contributed by atoms with Gasteiger partial charge >= 0.3 is 5.97 Å². The van der Waals surface area contributed by atoms with Gasteiger partial charge in [0.25, 0.3) is 5.91 Å². The van der Waals surface area contributed by atoms with Gasteiger partial charge in [-0.1, -0.05) is 18.2 Å². The highest BCUT2D eigenvalue weighted by molar-refractivity contribution is 6.17. The van der Waals surface area contributed by atoms with Crippen LogP contribution < -0.4 is 14.8 Å². The predicted octanol–water partition coefficient (Wildman–Crippen LogP) is 5.25. The molecule has 202 valence electrons. The molecule has 0 saturated heterocycles. The van der Waals surface area contributed by atoms with E-state index in [4.69, 9.17) is 14.5 Å². The molecule has 5 rings (SSSR count). The van der Waals surface area contributed by atoms with Crippen molar-refractivity contribution in [3.8, 4) is 11.5 Å². The Labute approximate surface area is 228 Å². The van der Waals surface area contributed by atoms with Crippen LogP contribution in [0.4, 0.5) is 5.69 Å². The Bertz CT molecular complexity index is 1490. The molecule has 8 nitrogen and oxygen atoms in total. The summed E-state index contributed by atoms with van der Waals surface area (Å²) >= 11 is 0. The Morgan fingerprint density at radius 2 is 1.90 bits per heavy atom. The smallest absolute Gasteiger partial charge is 0.307 e. The molecular weight excluding hydrogens is 494 g/mol. The molecule has 0 saturated carbocycles. The summed E-state index contributed by atoms with van der Waals surface area (Å²) < 4.78 is 12.4. The monoisotopic (exact) mass is 527 g/mol. The summed E-state index contributed by atoms with van der Waals surface area (Å²) in [5.41, 5.74) is 5.15. The highest BCUT2D eigenvalue weighted by Crippen LogP contribution is 2.48. The van der Waals surface area contributed by atoms with Gasteiger partial charge in [0.1, 0.15) is 11.3 Å². The zero-order valence-electron chi connectivity index (χ0n) is 22.9. The van der Waals surface area contributed by atoms with E-state index in [1.54, 1.807) is 30.5 Å². The van der Waals surface area contributed by atoms with E-state index in [2.05, 4.69) is 44.1 Å². The summed E-state index contributed by atoms with van der Waals surface area (Å²) in [6.45, 7) is 10.8. The van der Waals surface area contributed by atoms with Crippen molar-refractivity contribution in [2.45, 2.75) is 65.0 Å². The Morgan fingerprint density at radius 1 is 1.10 bits per heavy atom. The molecule has 0 atom stereocenters. The number of pyridine rings is 1. The molecule has 0 spiro atoms. The van der Waals surface area contributed by atoms with E-state index in [-0.39, 0.29) is 17.7 Å². The Balaban J connectivity index is 1.65. The number of carboxylic acid groups (broad SMARTS) is 1. The van der Waals surface area contributed by atoms with Crippen molar-refractivity contribution in [1.82, 2.24) is 4.98 Å². The summed E-state index contributed by atoms with van der Waals surface area (Å²) in [6, 6.07) is 12.6. The number of carboxylic acids is 1. The number of rotatable bonds is 7. The van der Waals surface area contributed by atoms with E-state index < -0.39 is 17.5 Å². The molecule has 0 bridgehead atoms. The molecule has 3 heterocycles. The fourth-order valence-corrected chi connectivity index (χ4v) is 5.38. The van der Waals surface area contributed by atoms with Crippen LogP contribution in [-0.4, -0.2) is 45.4 Å². The molecule has 39 heavy (non-hydrogen) atoms. The third-order valence-corrected chi connectivity index (χ3v) is 6.85. The van der Waals surface area contributed by atoms with Gasteiger partial charge in [0, 0.05) is 35.0 Å². The number of hydrogen-bond acceptors (Lipinski definition) is 6. The van der Waals surface area contributed by atoms with Gasteiger partial charge in [0.05, 0.1) is 24.3 Å². The van der Waals surface area contributed by atoms with Gasteiger partial charge in [-0.2, -0.15) is 0 Å². The Kier molecular flexibility index (Phi) is 6.66. The van der Waals surface area contributed by atoms with Crippen molar-refractivity contribution < 1.29 is 24.2 Å². The number of aliphatic imine (C=N–C) groups is 1. The molecule has 0 radical (unpaired) electrons. The minimum atomic E-state index is -0.988. The van der Waals surface area contributed by atoms with Crippen molar-refractivity contribution in [3.63, 3.8) is 0 Å². The van der Waals surface area contributed by atoms with E-state index in [1.165, 1.54) is 0 Å². The SMILES string of the molecule is CCOc1cc2c(c3c1OC(C)(C)C3)C(c1ccc(CC(=O)O)c(NC(=O)c3ccccn3)c1)=NC(C)(C)C2. The second-order valence-electron chi connectivity index (χ2n) is 11.2. The van der Waals surface area contributed by atoms with Crippen LogP contribution >= 0.6 is 0 Å². The first-order valence-electron chi connectivity index (χ1n) is 13.1. The summed E-state index contributed by atoms with van der Waals surface area (Å²) in [6.07, 6.45) is 2.74. The highest BCUT2D eigenvalue weighted by atomic mass is 16.5. The number of aliphatic carboxylic acids is 1. The van der Waals surface area contributed by atoms with Crippen molar-refractivity contribution in [2.75, 3.05) is 11.9 Å². The lowest BCUT2D eigenvalue weighted by atomic mass is 9.80. The molecule has 2 N–H and O–H groups in total. The van der Waals surface area contributed by atoms with Crippen LogP contribution in [0.2, 0.25) is 0 Å². The third kappa shape index (κ3) is 5.37. The number of carbonyl (C=O) groups is 2. The average Bonchev–Trinajstić information content (AvgIpc) is 3.19. The number of fused-ring (bicyclic) bond motifs is 3. The fraction of sp³-hybridized carbons (Fsp3) is 0.355. The molecule has 1 amide bonds.